The third kappa shape index (κ3) is 4.15. The first kappa shape index (κ1) is 17.4. The van der Waals surface area contributed by atoms with Gasteiger partial charge in [0.05, 0.1) is 14.2 Å². The SMILES string of the molecule is COc1ccc(C[C@H](C(=O)Nc2ccc(OC)cc2)c2nn[nH]n2)cc1. The third-order valence-corrected chi connectivity index (χ3v) is 3.95. The van der Waals surface area contributed by atoms with Crippen LogP contribution in [0.15, 0.2) is 48.5 Å². The fourth-order valence-corrected chi connectivity index (χ4v) is 2.52. The highest BCUT2D eigenvalue weighted by Gasteiger charge is 2.25. The standard InChI is InChI=1S/C18H19N5O3/c1-25-14-7-3-12(4-8-14)11-16(17-20-22-23-21-17)18(24)19-13-5-9-15(26-2)10-6-13/h3-10,16H,11H2,1-2H3,(H,19,24)(H,20,21,22,23)/t16-/m0/s1. The molecule has 1 heterocycles. The molecule has 0 aliphatic carbocycles. The van der Waals surface area contributed by atoms with Gasteiger partial charge in [-0.3, -0.25) is 4.79 Å². The predicted octanol–water partition coefficient (Wildman–Crippen LogP) is 2.18. The van der Waals surface area contributed by atoms with Crippen molar-refractivity contribution in [3.05, 3.63) is 59.9 Å². The summed E-state index contributed by atoms with van der Waals surface area (Å²) in [7, 11) is 3.20. The summed E-state index contributed by atoms with van der Waals surface area (Å²) < 4.78 is 10.3. The number of hydrogen-bond acceptors (Lipinski definition) is 6. The summed E-state index contributed by atoms with van der Waals surface area (Å²) in [6.45, 7) is 0. The number of aromatic amines is 1. The lowest BCUT2D eigenvalue weighted by Gasteiger charge is -2.14. The van der Waals surface area contributed by atoms with E-state index in [0.717, 1.165) is 17.1 Å². The number of amides is 1. The summed E-state index contributed by atoms with van der Waals surface area (Å²) in [5.41, 5.74) is 1.63. The summed E-state index contributed by atoms with van der Waals surface area (Å²) in [6, 6.07) is 14.6. The zero-order valence-electron chi connectivity index (χ0n) is 14.5. The number of tetrazole rings is 1. The topological polar surface area (TPSA) is 102 Å². The molecule has 3 rings (SSSR count). The first-order valence-electron chi connectivity index (χ1n) is 8.01. The largest absolute Gasteiger partial charge is 0.497 e. The van der Waals surface area contributed by atoms with Crippen molar-refractivity contribution in [3.8, 4) is 11.5 Å². The highest BCUT2D eigenvalue weighted by Crippen LogP contribution is 2.22. The summed E-state index contributed by atoms with van der Waals surface area (Å²) in [5, 5.41) is 16.8. The highest BCUT2D eigenvalue weighted by molar-refractivity contribution is 5.95. The Hall–Kier alpha value is -3.42. The normalized spacial score (nSPS) is 11.6. The molecular formula is C18H19N5O3. The van der Waals surface area contributed by atoms with Gasteiger partial charge in [0.2, 0.25) is 5.91 Å². The number of aromatic nitrogens is 4. The molecule has 2 aromatic carbocycles. The van der Waals surface area contributed by atoms with Crippen molar-refractivity contribution in [1.29, 1.82) is 0 Å². The molecule has 8 heteroatoms. The minimum Gasteiger partial charge on any atom is -0.497 e. The van der Waals surface area contributed by atoms with Crippen molar-refractivity contribution >= 4 is 11.6 Å². The van der Waals surface area contributed by atoms with Crippen LogP contribution in [-0.4, -0.2) is 40.8 Å². The van der Waals surface area contributed by atoms with Crippen LogP contribution in [0.4, 0.5) is 5.69 Å². The maximum atomic E-state index is 12.8. The van der Waals surface area contributed by atoms with Gasteiger partial charge < -0.3 is 14.8 Å². The second-order valence-electron chi connectivity index (χ2n) is 5.59. The van der Waals surface area contributed by atoms with E-state index < -0.39 is 5.92 Å². The molecule has 134 valence electrons. The van der Waals surface area contributed by atoms with E-state index in [9.17, 15) is 4.79 Å². The Morgan fingerprint density at radius 1 is 1.04 bits per heavy atom. The molecule has 0 radical (unpaired) electrons. The van der Waals surface area contributed by atoms with E-state index in [1.165, 1.54) is 0 Å². The predicted molar refractivity (Wildman–Crippen MR) is 95.2 cm³/mol. The molecular weight excluding hydrogens is 334 g/mol. The van der Waals surface area contributed by atoms with E-state index in [1.54, 1.807) is 38.5 Å². The Bertz CT molecular complexity index is 832. The Morgan fingerprint density at radius 3 is 2.19 bits per heavy atom. The molecule has 0 unspecified atom stereocenters. The van der Waals surface area contributed by atoms with Crippen molar-refractivity contribution in [2.24, 2.45) is 0 Å². The van der Waals surface area contributed by atoms with Crippen LogP contribution in [0.25, 0.3) is 0 Å². The summed E-state index contributed by atoms with van der Waals surface area (Å²) in [5.74, 6) is 1.02. The maximum Gasteiger partial charge on any atom is 0.235 e. The van der Waals surface area contributed by atoms with Crippen LogP contribution in [0.2, 0.25) is 0 Å². The lowest BCUT2D eigenvalue weighted by Crippen LogP contribution is -2.24. The van der Waals surface area contributed by atoms with Crippen molar-refractivity contribution < 1.29 is 14.3 Å². The molecule has 1 amide bonds. The van der Waals surface area contributed by atoms with Gasteiger partial charge in [-0.05, 0) is 48.4 Å². The molecule has 26 heavy (non-hydrogen) atoms. The van der Waals surface area contributed by atoms with Crippen molar-refractivity contribution in [3.63, 3.8) is 0 Å². The molecule has 0 aliphatic heterocycles. The van der Waals surface area contributed by atoms with Gasteiger partial charge in [-0.1, -0.05) is 17.3 Å². The van der Waals surface area contributed by atoms with Gasteiger partial charge >= 0.3 is 0 Å². The Morgan fingerprint density at radius 2 is 1.65 bits per heavy atom. The average Bonchev–Trinajstić information content (AvgIpc) is 3.21. The number of H-pyrrole nitrogens is 1. The van der Waals surface area contributed by atoms with Crippen molar-refractivity contribution in [1.82, 2.24) is 20.6 Å². The van der Waals surface area contributed by atoms with E-state index in [2.05, 4.69) is 25.9 Å². The van der Waals surface area contributed by atoms with E-state index >= 15 is 0 Å². The molecule has 1 atom stereocenters. The molecule has 0 fully saturated rings. The van der Waals surface area contributed by atoms with E-state index in [1.807, 2.05) is 24.3 Å². The third-order valence-electron chi connectivity index (χ3n) is 3.95. The number of hydrogen-bond donors (Lipinski definition) is 2. The molecule has 0 aliphatic rings. The monoisotopic (exact) mass is 353 g/mol. The maximum absolute atomic E-state index is 12.8. The Balaban J connectivity index is 1.77. The van der Waals surface area contributed by atoms with Gasteiger partial charge in [0.1, 0.15) is 17.4 Å². The van der Waals surface area contributed by atoms with Gasteiger partial charge in [0, 0.05) is 5.69 Å². The molecule has 8 nitrogen and oxygen atoms in total. The van der Waals surface area contributed by atoms with Crippen LogP contribution >= 0.6 is 0 Å². The summed E-state index contributed by atoms with van der Waals surface area (Å²) in [6.07, 6.45) is 0.436. The van der Waals surface area contributed by atoms with Crippen LogP contribution in [0, 0.1) is 0 Å². The summed E-state index contributed by atoms with van der Waals surface area (Å²) >= 11 is 0. The smallest absolute Gasteiger partial charge is 0.235 e. The van der Waals surface area contributed by atoms with Crippen molar-refractivity contribution in [2.75, 3.05) is 19.5 Å². The summed E-state index contributed by atoms with van der Waals surface area (Å²) in [4.78, 5) is 12.8. The molecule has 1 aromatic heterocycles. The zero-order valence-corrected chi connectivity index (χ0v) is 14.5. The fourth-order valence-electron chi connectivity index (χ4n) is 2.52. The highest BCUT2D eigenvalue weighted by atomic mass is 16.5. The molecule has 2 N–H and O–H groups in total. The number of carbonyl (C=O) groups excluding carboxylic acids is 1. The van der Waals surface area contributed by atoms with Gasteiger partial charge in [0.25, 0.3) is 0 Å². The molecule has 3 aromatic rings. The molecule has 0 saturated heterocycles. The van der Waals surface area contributed by atoms with Gasteiger partial charge in [-0.2, -0.15) is 5.21 Å². The van der Waals surface area contributed by atoms with Crippen LogP contribution in [-0.2, 0) is 11.2 Å². The second kappa shape index (κ2) is 8.11. The van der Waals surface area contributed by atoms with E-state index in [4.69, 9.17) is 9.47 Å². The Labute approximate surface area is 150 Å². The molecule has 0 bridgehead atoms. The average molecular weight is 353 g/mol. The van der Waals surface area contributed by atoms with E-state index in [0.29, 0.717) is 17.9 Å². The lowest BCUT2D eigenvalue weighted by atomic mass is 9.97. The van der Waals surface area contributed by atoms with E-state index in [-0.39, 0.29) is 5.91 Å². The van der Waals surface area contributed by atoms with Gasteiger partial charge in [-0.25, -0.2) is 0 Å². The molecule has 0 saturated carbocycles. The van der Waals surface area contributed by atoms with Crippen molar-refractivity contribution in [2.45, 2.75) is 12.3 Å². The number of carbonyl (C=O) groups is 1. The number of nitrogens with zero attached hydrogens (tertiary/aromatic N) is 3. The van der Waals surface area contributed by atoms with Crippen LogP contribution in [0.1, 0.15) is 17.3 Å². The zero-order chi connectivity index (χ0) is 18.4. The van der Waals surface area contributed by atoms with Crippen LogP contribution in [0.3, 0.4) is 0 Å². The number of methoxy groups -OCH3 is 2. The molecule has 0 spiro atoms. The van der Waals surface area contributed by atoms with Gasteiger partial charge in [-0.15, -0.1) is 10.2 Å². The van der Waals surface area contributed by atoms with Crippen LogP contribution in [0.5, 0.6) is 11.5 Å². The minimum absolute atomic E-state index is 0.215. The first-order chi connectivity index (χ1) is 12.7. The Kier molecular flexibility index (Phi) is 5.43. The number of nitrogens with one attached hydrogen (secondary N) is 2. The minimum atomic E-state index is -0.579. The number of rotatable bonds is 7. The quantitative estimate of drug-likeness (QED) is 0.675. The second-order valence-corrected chi connectivity index (χ2v) is 5.59. The number of benzene rings is 2. The number of ether oxygens (including phenoxy) is 2. The fraction of sp³-hybridized carbons (Fsp3) is 0.222. The lowest BCUT2D eigenvalue weighted by molar-refractivity contribution is -0.117. The van der Waals surface area contributed by atoms with Gasteiger partial charge in [0.15, 0.2) is 5.82 Å². The number of anilines is 1. The van der Waals surface area contributed by atoms with Crippen LogP contribution < -0.4 is 14.8 Å². The first-order valence-corrected chi connectivity index (χ1v) is 8.01.